The van der Waals surface area contributed by atoms with E-state index in [2.05, 4.69) is 29.4 Å². The summed E-state index contributed by atoms with van der Waals surface area (Å²) in [6.07, 6.45) is 2.65. The van der Waals surface area contributed by atoms with Gasteiger partial charge in [-0.3, -0.25) is 4.79 Å². The number of hydrogen-bond donors (Lipinski definition) is 2. The van der Waals surface area contributed by atoms with Crippen molar-refractivity contribution < 1.29 is 9.53 Å². The number of piperidine rings is 1. The number of hydrogen-bond acceptors (Lipinski definition) is 4. The van der Waals surface area contributed by atoms with Crippen molar-refractivity contribution in [1.29, 1.82) is 0 Å². The van der Waals surface area contributed by atoms with Crippen LogP contribution in [0.4, 0.5) is 0 Å². The molecular formula is C14H29N3O2. The second kappa shape index (κ2) is 8.51. The summed E-state index contributed by atoms with van der Waals surface area (Å²) < 4.78 is 5.51. The largest absolute Gasteiger partial charge is 0.368 e. The average molecular weight is 271 g/mol. The maximum Gasteiger partial charge on any atom is 0.252 e. The molecule has 0 bridgehead atoms. The third kappa shape index (κ3) is 4.75. The highest BCUT2D eigenvalue weighted by Gasteiger charge is 2.39. The first kappa shape index (κ1) is 16.4. The van der Waals surface area contributed by atoms with E-state index in [9.17, 15) is 4.79 Å². The lowest BCUT2D eigenvalue weighted by molar-refractivity contribution is -0.146. The molecule has 1 saturated heterocycles. The summed E-state index contributed by atoms with van der Waals surface area (Å²) in [7, 11) is 1.64. The quantitative estimate of drug-likeness (QED) is 0.679. The summed E-state index contributed by atoms with van der Waals surface area (Å²) in [6, 6.07) is 0. The van der Waals surface area contributed by atoms with Crippen molar-refractivity contribution in [1.82, 2.24) is 15.5 Å². The van der Waals surface area contributed by atoms with Crippen molar-refractivity contribution in [2.75, 3.05) is 46.4 Å². The van der Waals surface area contributed by atoms with E-state index in [1.54, 1.807) is 7.11 Å². The van der Waals surface area contributed by atoms with Crippen LogP contribution in [-0.4, -0.2) is 62.8 Å². The minimum atomic E-state index is -0.618. The lowest BCUT2D eigenvalue weighted by Crippen LogP contribution is -2.55. The summed E-state index contributed by atoms with van der Waals surface area (Å²) >= 11 is 0. The molecule has 0 radical (unpaired) electrons. The van der Waals surface area contributed by atoms with Crippen molar-refractivity contribution in [2.45, 2.75) is 38.7 Å². The molecule has 2 N–H and O–H groups in total. The van der Waals surface area contributed by atoms with Crippen LogP contribution >= 0.6 is 0 Å². The highest BCUT2D eigenvalue weighted by atomic mass is 16.5. The topological polar surface area (TPSA) is 53.6 Å². The molecule has 1 aliphatic rings. The Hall–Kier alpha value is -0.650. The molecule has 5 heteroatoms. The number of likely N-dealkylation sites (N-methyl/N-ethyl adjacent to an activating group) is 1. The molecule has 1 fully saturated rings. The van der Waals surface area contributed by atoms with E-state index in [1.807, 2.05) is 0 Å². The van der Waals surface area contributed by atoms with E-state index in [1.165, 1.54) is 0 Å². The van der Waals surface area contributed by atoms with E-state index in [-0.39, 0.29) is 5.91 Å². The molecule has 0 atom stereocenters. The number of ether oxygens (including phenoxy) is 1. The fourth-order valence-electron chi connectivity index (χ4n) is 2.59. The van der Waals surface area contributed by atoms with Crippen molar-refractivity contribution in [3.8, 4) is 0 Å². The lowest BCUT2D eigenvalue weighted by atomic mass is 9.91. The Morgan fingerprint density at radius 3 is 2.53 bits per heavy atom. The summed E-state index contributed by atoms with van der Waals surface area (Å²) in [4.78, 5) is 14.6. The Morgan fingerprint density at radius 1 is 1.32 bits per heavy atom. The van der Waals surface area contributed by atoms with E-state index >= 15 is 0 Å². The van der Waals surface area contributed by atoms with Gasteiger partial charge in [-0.15, -0.1) is 0 Å². The van der Waals surface area contributed by atoms with Gasteiger partial charge >= 0.3 is 0 Å². The fourth-order valence-corrected chi connectivity index (χ4v) is 2.59. The molecule has 1 aliphatic heterocycles. The minimum Gasteiger partial charge on any atom is -0.368 e. The molecule has 5 nitrogen and oxygen atoms in total. The smallest absolute Gasteiger partial charge is 0.252 e. The van der Waals surface area contributed by atoms with Gasteiger partial charge in [0.15, 0.2) is 0 Å². The van der Waals surface area contributed by atoms with Gasteiger partial charge in [-0.1, -0.05) is 13.8 Å². The van der Waals surface area contributed by atoms with E-state index in [0.717, 1.165) is 52.0 Å². The maximum atomic E-state index is 12.3. The third-order valence-corrected chi connectivity index (χ3v) is 3.92. The lowest BCUT2D eigenvalue weighted by Gasteiger charge is -2.35. The molecule has 1 rings (SSSR count). The number of carbonyl (C=O) groups is 1. The molecule has 0 unspecified atom stereocenters. The molecular weight excluding hydrogens is 242 g/mol. The molecule has 0 aromatic rings. The Morgan fingerprint density at radius 2 is 2.00 bits per heavy atom. The van der Waals surface area contributed by atoms with Gasteiger partial charge in [-0.05, 0) is 45.4 Å². The van der Waals surface area contributed by atoms with E-state index < -0.39 is 5.60 Å². The number of rotatable bonds is 8. The number of amides is 1. The first-order valence-electron chi connectivity index (χ1n) is 7.45. The normalized spacial score (nSPS) is 18.5. The Kier molecular flexibility index (Phi) is 7.34. The second-order valence-corrected chi connectivity index (χ2v) is 5.14. The van der Waals surface area contributed by atoms with Gasteiger partial charge < -0.3 is 20.3 Å². The van der Waals surface area contributed by atoms with Crippen LogP contribution in [0.2, 0.25) is 0 Å². The zero-order valence-electron chi connectivity index (χ0n) is 12.6. The van der Waals surface area contributed by atoms with Gasteiger partial charge in [0.25, 0.3) is 5.91 Å². The van der Waals surface area contributed by atoms with Gasteiger partial charge in [0.05, 0.1) is 0 Å². The highest BCUT2D eigenvalue weighted by Crippen LogP contribution is 2.22. The summed E-state index contributed by atoms with van der Waals surface area (Å²) in [6.45, 7) is 9.75. The summed E-state index contributed by atoms with van der Waals surface area (Å²) in [5.41, 5.74) is -0.618. The Balaban J connectivity index is 2.36. The number of carbonyl (C=O) groups excluding carboxylic acids is 1. The second-order valence-electron chi connectivity index (χ2n) is 5.14. The first-order valence-corrected chi connectivity index (χ1v) is 7.45. The van der Waals surface area contributed by atoms with Crippen LogP contribution in [0.3, 0.4) is 0 Å². The zero-order chi connectivity index (χ0) is 14.1. The molecule has 0 aromatic heterocycles. The SMILES string of the molecule is CCCN(CC)CCNC(=O)C1(OC)CCNCC1. The number of methoxy groups -OCH3 is 1. The molecule has 0 aromatic carbocycles. The Bertz CT molecular complexity index is 265. The summed E-state index contributed by atoms with van der Waals surface area (Å²) in [5.74, 6) is 0.0454. The average Bonchev–Trinajstić information content (AvgIpc) is 2.46. The fraction of sp³-hybridized carbons (Fsp3) is 0.929. The van der Waals surface area contributed by atoms with E-state index in [4.69, 9.17) is 4.74 Å². The van der Waals surface area contributed by atoms with Gasteiger partial charge in [-0.25, -0.2) is 0 Å². The van der Waals surface area contributed by atoms with Gasteiger partial charge in [0.2, 0.25) is 0 Å². The molecule has 112 valence electrons. The van der Waals surface area contributed by atoms with Crippen molar-refractivity contribution in [2.24, 2.45) is 0 Å². The Labute approximate surface area is 117 Å². The van der Waals surface area contributed by atoms with Gasteiger partial charge in [-0.2, -0.15) is 0 Å². The molecule has 1 heterocycles. The van der Waals surface area contributed by atoms with Crippen LogP contribution in [0.5, 0.6) is 0 Å². The molecule has 19 heavy (non-hydrogen) atoms. The standard InChI is InChI=1S/C14H29N3O2/c1-4-11-17(5-2)12-10-16-13(18)14(19-3)6-8-15-9-7-14/h15H,4-12H2,1-3H3,(H,16,18). The predicted octanol–water partition coefficient (Wildman–Crippen LogP) is 0.603. The van der Waals surface area contributed by atoms with Crippen LogP contribution in [0.25, 0.3) is 0 Å². The van der Waals surface area contributed by atoms with E-state index in [0.29, 0.717) is 6.54 Å². The molecule has 0 saturated carbocycles. The number of nitrogens with zero attached hydrogens (tertiary/aromatic N) is 1. The van der Waals surface area contributed by atoms with Crippen LogP contribution in [0.1, 0.15) is 33.1 Å². The van der Waals surface area contributed by atoms with Crippen molar-refractivity contribution in [3.63, 3.8) is 0 Å². The van der Waals surface area contributed by atoms with Gasteiger partial charge in [0.1, 0.15) is 5.60 Å². The molecule has 0 spiro atoms. The minimum absolute atomic E-state index is 0.0454. The highest BCUT2D eigenvalue weighted by molar-refractivity contribution is 5.85. The monoisotopic (exact) mass is 271 g/mol. The van der Waals surface area contributed by atoms with Crippen LogP contribution < -0.4 is 10.6 Å². The maximum absolute atomic E-state index is 12.3. The predicted molar refractivity (Wildman–Crippen MR) is 77.3 cm³/mol. The van der Waals surface area contributed by atoms with Crippen LogP contribution in [-0.2, 0) is 9.53 Å². The number of nitrogens with one attached hydrogen (secondary N) is 2. The van der Waals surface area contributed by atoms with Crippen molar-refractivity contribution in [3.05, 3.63) is 0 Å². The van der Waals surface area contributed by atoms with Crippen LogP contribution in [0, 0.1) is 0 Å². The molecule has 0 aliphatic carbocycles. The molecule has 1 amide bonds. The van der Waals surface area contributed by atoms with Crippen LogP contribution in [0.15, 0.2) is 0 Å². The van der Waals surface area contributed by atoms with Crippen molar-refractivity contribution >= 4 is 5.91 Å². The summed E-state index contributed by atoms with van der Waals surface area (Å²) in [5, 5.41) is 6.29. The zero-order valence-corrected chi connectivity index (χ0v) is 12.6. The van der Waals surface area contributed by atoms with Gasteiger partial charge in [0, 0.05) is 20.2 Å². The third-order valence-electron chi connectivity index (χ3n) is 3.92. The first-order chi connectivity index (χ1) is 9.18.